The van der Waals surface area contributed by atoms with Gasteiger partial charge in [0.25, 0.3) is 5.91 Å². The maximum atomic E-state index is 12.4. The normalized spacial score (nSPS) is 22.4. The first-order valence-electron chi connectivity index (χ1n) is 6.93. The van der Waals surface area contributed by atoms with E-state index >= 15 is 0 Å². The number of carbonyl (C=O) groups excluding carboxylic acids is 2. The molecule has 0 bridgehead atoms. The lowest BCUT2D eigenvalue weighted by molar-refractivity contribution is -0.142. The number of methoxy groups -OCH3 is 1. The number of thiophene rings is 1. The van der Waals surface area contributed by atoms with Crippen LogP contribution >= 0.6 is 46.1 Å². The van der Waals surface area contributed by atoms with E-state index < -0.39 is 17.9 Å². The number of carbonyl (C=O) groups is 2. The molecule has 0 spiro atoms. The van der Waals surface area contributed by atoms with E-state index in [1.165, 1.54) is 7.11 Å². The number of hydrogen-bond acceptors (Lipinski definition) is 6. The number of nitrogens with zero attached hydrogens (tertiary/aromatic N) is 1. The molecule has 128 valence electrons. The van der Waals surface area contributed by atoms with E-state index in [0.717, 1.165) is 11.3 Å². The Bertz CT molecular complexity index is 762. The maximum absolute atomic E-state index is 12.4. The Labute approximate surface area is 156 Å². The van der Waals surface area contributed by atoms with Crippen molar-refractivity contribution < 1.29 is 14.3 Å². The minimum atomic E-state index is -0.892. The lowest BCUT2D eigenvalue weighted by Crippen LogP contribution is -2.41. The molecule has 1 aromatic heterocycles. The molecule has 0 radical (unpaired) electrons. The number of halogens is 3. The van der Waals surface area contributed by atoms with Crippen LogP contribution in [0.25, 0.3) is 0 Å². The van der Waals surface area contributed by atoms with E-state index in [4.69, 9.17) is 39.5 Å². The van der Waals surface area contributed by atoms with Gasteiger partial charge in [-0.2, -0.15) is 0 Å². The van der Waals surface area contributed by atoms with Crippen LogP contribution in [-0.2, 0) is 9.53 Å². The molecule has 3 heterocycles. The largest absolute Gasteiger partial charge is 0.467 e. The molecule has 10 heteroatoms. The molecule has 3 rings (SSSR count). The van der Waals surface area contributed by atoms with Crippen molar-refractivity contribution in [3.05, 3.63) is 31.0 Å². The molecule has 0 aromatic carbocycles. The minimum Gasteiger partial charge on any atom is -0.467 e. The third kappa shape index (κ3) is 3.60. The van der Waals surface area contributed by atoms with Crippen molar-refractivity contribution in [1.82, 2.24) is 10.6 Å². The molecule has 2 aliphatic rings. The summed E-state index contributed by atoms with van der Waals surface area (Å²) in [5, 5.41) is 5.97. The van der Waals surface area contributed by atoms with Gasteiger partial charge in [-0.1, -0.05) is 34.8 Å². The first-order valence-corrected chi connectivity index (χ1v) is 8.88. The summed E-state index contributed by atoms with van der Waals surface area (Å²) in [5.74, 6) is -1.12. The van der Waals surface area contributed by atoms with Crippen LogP contribution in [0.15, 0.2) is 16.8 Å². The van der Waals surface area contributed by atoms with Crippen LogP contribution in [0.5, 0.6) is 0 Å². The Kier molecular flexibility index (Phi) is 5.17. The lowest BCUT2D eigenvalue weighted by Gasteiger charge is -2.17. The molecule has 2 aliphatic heterocycles. The molecule has 24 heavy (non-hydrogen) atoms. The van der Waals surface area contributed by atoms with Gasteiger partial charge in [0.1, 0.15) is 15.3 Å². The number of ether oxygens (including phenoxy) is 1. The summed E-state index contributed by atoms with van der Waals surface area (Å²) >= 11 is 18.7. The summed E-state index contributed by atoms with van der Waals surface area (Å²) in [4.78, 5) is 28.8. The summed E-state index contributed by atoms with van der Waals surface area (Å²) in [6.45, 7) is 0. The van der Waals surface area contributed by atoms with E-state index in [1.807, 2.05) is 6.08 Å². The number of hydrogen-bond donors (Lipinski definition) is 2. The van der Waals surface area contributed by atoms with Gasteiger partial charge in [-0.3, -0.25) is 15.1 Å². The second-order valence-corrected chi connectivity index (χ2v) is 7.62. The zero-order valence-corrected chi connectivity index (χ0v) is 15.4. The van der Waals surface area contributed by atoms with Crippen LogP contribution in [0.4, 0.5) is 0 Å². The summed E-state index contributed by atoms with van der Waals surface area (Å²) in [6.07, 6.45) is 3.93. The number of fused-ring (bicyclic) bond motifs is 1. The monoisotopic (exact) mass is 407 g/mol. The fourth-order valence-electron chi connectivity index (χ4n) is 2.28. The Morgan fingerprint density at radius 2 is 2.12 bits per heavy atom. The minimum absolute atomic E-state index is 0.0627. The van der Waals surface area contributed by atoms with Crippen molar-refractivity contribution in [1.29, 1.82) is 0 Å². The third-order valence-corrected chi connectivity index (χ3v) is 6.17. The average molecular weight is 409 g/mol. The van der Waals surface area contributed by atoms with E-state index in [2.05, 4.69) is 15.6 Å². The van der Waals surface area contributed by atoms with Gasteiger partial charge < -0.3 is 10.1 Å². The zero-order chi connectivity index (χ0) is 17.4. The van der Waals surface area contributed by atoms with E-state index in [0.29, 0.717) is 5.70 Å². The molecule has 0 aliphatic carbocycles. The Morgan fingerprint density at radius 3 is 2.71 bits per heavy atom. The molecule has 3 atom stereocenters. The lowest BCUT2D eigenvalue weighted by atomic mass is 10.1. The van der Waals surface area contributed by atoms with Crippen molar-refractivity contribution >= 4 is 64.2 Å². The maximum Gasteiger partial charge on any atom is 0.328 e. The smallest absolute Gasteiger partial charge is 0.328 e. The summed E-state index contributed by atoms with van der Waals surface area (Å²) < 4.78 is 4.97. The highest BCUT2D eigenvalue weighted by Crippen LogP contribution is 2.40. The third-order valence-electron chi connectivity index (χ3n) is 3.60. The van der Waals surface area contributed by atoms with Gasteiger partial charge >= 0.3 is 5.97 Å². The predicted octanol–water partition coefficient (Wildman–Crippen LogP) is 2.68. The Hall–Kier alpha value is -1.12. The molecule has 6 nitrogen and oxygen atoms in total. The number of nitrogens with one attached hydrogen (secondary N) is 2. The van der Waals surface area contributed by atoms with Gasteiger partial charge in [-0.05, 0) is 6.08 Å². The van der Waals surface area contributed by atoms with E-state index in [1.54, 1.807) is 6.21 Å². The second kappa shape index (κ2) is 7.01. The Balaban J connectivity index is 1.74. The van der Waals surface area contributed by atoms with Crippen LogP contribution in [0, 0.1) is 0 Å². The first kappa shape index (κ1) is 17.7. The molecule has 1 fully saturated rings. The SMILES string of the molecule is COC(=O)C(CC1=CC2NC2C=N1)NC(=O)c1sc(Cl)c(Cl)c1Cl. The number of aliphatic imine (C=N–C) groups is 1. The van der Waals surface area contributed by atoms with Crippen molar-refractivity contribution in [3.63, 3.8) is 0 Å². The number of esters is 1. The predicted molar refractivity (Wildman–Crippen MR) is 94.5 cm³/mol. The quantitative estimate of drug-likeness (QED) is 0.579. The average Bonchev–Trinajstić information content (AvgIpc) is 3.30. The first-order chi connectivity index (χ1) is 11.4. The highest BCUT2D eigenvalue weighted by Gasteiger charge is 2.36. The van der Waals surface area contributed by atoms with E-state index in [9.17, 15) is 9.59 Å². The molecule has 3 unspecified atom stereocenters. The van der Waals surface area contributed by atoms with Crippen LogP contribution in [-0.4, -0.2) is 43.3 Å². The van der Waals surface area contributed by atoms with Gasteiger partial charge in [-0.15, -0.1) is 11.3 Å². The number of amides is 1. The van der Waals surface area contributed by atoms with Crippen LogP contribution in [0.1, 0.15) is 16.1 Å². The van der Waals surface area contributed by atoms with Crippen LogP contribution < -0.4 is 10.6 Å². The fraction of sp³-hybridized carbons (Fsp3) is 0.357. The topological polar surface area (TPSA) is 89.7 Å². The number of rotatable bonds is 5. The van der Waals surface area contributed by atoms with Gasteiger partial charge in [0.05, 0.1) is 23.2 Å². The zero-order valence-electron chi connectivity index (χ0n) is 12.3. The van der Waals surface area contributed by atoms with Crippen molar-refractivity contribution in [2.75, 3.05) is 7.11 Å². The molecule has 0 saturated carbocycles. The Morgan fingerprint density at radius 1 is 1.38 bits per heavy atom. The molecule has 1 amide bonds. The van der Waals surface area contributed by atoms with Crippen LogP contribution in [0.3, 0.4) is 0 Å². The van der Waals surface area contributed by atoms with Crippen molar-refractivity contribution in [2.45, 2.75) is 24.5 Å². The molecule has 1 aromatic rings. The summed E-state index contributed by atoms with van der Waals surface area (Å²) in [5.41, 5.74) is 0.699. The molecular formula is C14H12Cl3N3O3S. The van der Waals surface area contributed by atoms with Crippen LogP contribution in [0.2, 0.25) is 14.4 Å². The van der Waals surface area contributed by atoms with Gasteiger partial charge in [-0.25, -0.2) is 4.79 Å². The highest BCUT2D eigenvalue weighted by molar-refractivity contribution is 7.19. The van der Waals surface area contributed by atoms with Crippen molar-refractivity contribution in [2.24, 2.45) is 4.99 Å². The summed E-state index contributed by atoms with van der Waals surface area (Å²) in [7, 11) is 1.25. The van der Waals surface area contributed by atoms with Gasteiger partial charge in [0, 0.05) is 24.4 Å². The van der Waals surface area contributed by atoms with Gasteiger partial charge in [0.15, 0.2) is 0 Å². The van der Waals surface area contributed by atoms with E-state index in [-0.39, 0.29) is 37.8 Å². The standard InChI is InChI=1S/C14H12Cl3N3O3S/c1-23-14(22)7(3-5-2-6-8(19-6)4-18-5)20-13(21)11-9(15)10(16)12(17)24-11/h2,4,6-8,19H,3H2,1H3,(H,20,21). The fourth-order valence-corrected chi connectivity index (χ4v) is 3.99. The van der Waals surface area contributed by atoms with Gasteiger partial charge in [0.2, 0.25) is 0 Å². The molecule has 2 N–H and O–H groups in total. The highest BCUT2D eigenvalue weighted by atomic mass is 35.5. The van der Waals surface area contributed by atoms with Crippen molar-refractivity contribution in [3.8, 4) is 0 Å². The summed E-state index contributed by atoms with van der Waals surface area (Å²) in [6, 6.07) is -0.373. The molecular weight excluding hydrogens is 397 g/mol. The molecule has 1 saturated heterocycles. The second-order valence-electron chi connectivity index (χ2n) is 5.24.